The summed E-state index contributed by atoms with van der Waals surface area (Å²) < 4.78 is 22.3. The second-order valence-corrected chi connectivity index (χ2v) is 15.3. The van der Waals surface area contributed by atoms with Crippen LogP contribution in [0.15, 0.2) is 48.9 Å². The number of carbonyl (C=O) groups excluding carboxylic acids is 2. The summed E-state index contributed by atoms with van der Waals surface area (Å²) in [7, 11) is 1.75. The normalized spacial score (nSPS) is 28.2. The van der Waals surface area contributed by atoms with Crippen molar-refractivity contribution >= 4 is 17.4 Å². The third kappa shape index (κ3) is 6.67. The number of rotatable bonds is 8. The molecule has 1 spiro atoms. The van der Waals surface area contributed by atoms with Crippen molar-refractivity contribution in [2.24, 2.45) is 18.4 Å². The average Bonchev–Trinajstić information content (AvgIpc) is 3.92. The molecule has 1 aromatic carbocycles. The van der Waals surface area contributed by atoms with Crippen LogP contribution in [0.5, 0.6) is 5.88 Å². The molecule has 6 heterocycles. The Morgan fingerprint density at radius 3 is 2.69 bits per heavy atom. The molecule has 4 fully saturated rings. The number of nitrogens with zero attached hydrogens (tertiary/aromatic N) is 7. The Balaban J connectivity index is 0.846. The van der Waals surface area contributed by atoms with E-state index >= 15 is 0 Å². The lowest BCUT2D eigenvalue weighted by Gasteiger charge is -2.38. The second-order valence-electron chi connectivity index (χ2n) is 15.3. The van der Waals surface area contributed by atoms with Gasteiger partial charge in [-0.3, -0.25) is 24.6 Å². The molecule has 0 radical (unpaired) electrons. The van der Waals surface area contributed by atoms with Crippen molar-refractivity contribution in [2.45, 2.75) is 76.6 Å². The number of halogens is 1. The Morgan fingerprint density at radius 1 is 1.10 bits per heavy atom. The standard InChI is InChI=1S/C38H48FN9O3/c1-24(2)51-33-9-5-27(20-40-33)35-30-19-28(6-8-32(30)42-43-35)48-17-13-38(37(48)50)12-16-46(22-38)21-34(49)47-14-10-25(11-15-47)26-4-7-29(31(39)18-26)36-41-23-45(3)44-36/h4-5,7,9-10,18,20,23-24,28,30,32,35,42-43H,6,8,11-17,19,21-22H2,1-3H3/t28?,30?,32?,35?,38-/m0/s1. The van der Waals surface area contributed by atoms with Crippen molar-refractivity contribution in [1.82, 2.24) is 45.3 Å². The SMILES string of the molecule is CC(C)Oc1ccc(C2NNC3CCC(N4CC[C@]5(CCN(CC(=O)N6CC=C(c7ccc(-c8ncn(C)n8)c(F)c7)CC6)C5)C4=O)CC32)cn1. The fourth-order valence-electron chi connectivity index (χ4n) is 9.01. The van der Waals surface area contributed by atoms with E-state index < -0.39 is 5.41 Å². The molecular weight excluding hydrogens is 649 g/mol. The van der Waals surface area contributed by atoms with Crippen LogP contribution in [0.3, 0.4) is 0 Å². The molecule has 5 aliphatic rings. The van der Waals surface area contributed by atoms with E-state index in [1.807, 2.05) is 43.2 Å². The van der Waals surface area contributed by atoms with Crippen molar-refractivity contribution in [2.75, 3.05) is 39.3 Å². The number of hydrogen-bond donors (Lipinski definition) is 2. The maximum Gasteiger partial charge on any atom is 0.237 e. The molecule has 5 atom stereocenters. The van der Waals surface area contributed by atoms with Gasteiger partial charge in [0.2, 0.25) is 17.7 Å². The molecule has 1 saturated carbocycles. The number of hydrogen-bond acceptors (Lipinski definition) is 9. The Morgan fingerprint density at radius 2 is 1.96 bits per heavy atom. The number of fused-ring (bicyclic) bond motifs is 1. The van der Waals surface area contributed by atoms with E-state index in [1.54, 1.807) is 24.1 Å². The Hall–Kier alpha value is -4.20. The van der Waals surface area contributed by atoms with E-state index in [-0.39, 0.29) is 35.8 Å². The van der Waals surface area contributed by atoms with Gasteiger partial charge >= 0.3 is 0 Å². The molecule has 2 aromatic heterocycles. The van der Waals surface area contributed by atoms with E-state index in [0.717, 1.165) is 61.9 Å². The maximum atomic E-state index is 15.0. The van der Waals surface area contributed by atoms with E-state index in [9.17, 15) is 14.0 Å². The number of aryl methyl sites for hydroxylation is 1. The van der Waals surface area contributed by atoms with Crippen LogP contribution in [0, 0.1) is 17.2 Å². The lowest BCUT2D eigenvalue weighted by atomic mass is 9.77. The summed E-state index contributed by atoms with van der Waals surface area (Å²) in [5, 5.41) is 4.21. The smallest absolute Gasteiger partial charge is 0.237 e. The minimum absolute atomic E-state index is 0.0779. The van der Waals surface area contributed by atoms with E-state index in [2.05, 4.69) is 41.8 Å². The highest BCUT2D eigenvalue weighted by Crippen LogP contribution is 2.45. The topological polar surface area (TPSA) is 121 Å². The number of nitrogens with one attached hydrogen (secondary N) is 2. The minimum Gasteiger partial charge on any atom is -0.475 e. The fourth-order valence-corrected chi connectivity index (χ4v) is 9.01. The Kier molecular flexibility index (Phi) is 9.14. The van der Waals surface area contributed by atoms with Gasteiger partial charge in [-0.2, -0.15) is 5.10 Å². The van der Waals surface area contributed by atoms with Gasteiger partial charge in [-0.1, -0.05) is 18.2 Å². The number of amides is 2. The fraction of sp³-hybridized carbons (Fsp3) is 0.553. The largest absolute Gasteiger partial charge is 0.475 e. The summed E-state index contributed by atoms with van der Waals surface area (Å²) in [6, 6.07) is 9.92. The van der Waals surface area contributed by atoms with Gasteiger partial charge in [-0.05, 0) is 93.7 Å². The number of aromatic nitrogens is 4. The van der Waals surface area contributed by atoms with Crippen LogP contribution in [-0.2, 0) is 16.6 Å². The molecule has 0 bridgehead atoms. The summed E-state index contributed by atoms with van der Waals surface area (Å²) in [5.41, 5.74) is 10.00. The molecule has 12 nitrogen and oxygen atoms in total. The van der Waals surface area contributed by atoms with Gasteiger partial charge in [0.15, 0.2) is 5.82 Å². The first-order valence-electron chi connectivity index (χ1n) is 18.5. The molecule has 51 heavy (non-hydrogen) atoms. The molecule has 2 amide bonds. The first-order valence-corrected chi connectivity index (χ1v) is 18.5. The number of hydrazine groups is 1. The van der Waals surface area contributed by atoms with Gasteiger partial charge in [-0.15, -0.1) is 0 Å². The second kappa shape index (κ2) is 13.7. The van der Waals surface area contributed by atoms with Crippen molar-refractivity contribution < 1.29 is 18.7 Å². The predicted molar refractivity (Wildman–Crippen MR) is 189 cm³/mol. The third-order valence-corrected chi connectivity index (χ3v) is 11.7. The first kappa shape index (κ1) is 33.9. The van der Waals surface area contributed by atoms with Crippen LogP contribution < -0.4 is 15.6 Å². The van der Waals surface area contributed by atoms with Crippen LogP contribution >= 0.6 is 0 Å². The summed E-state index contributed by atoms with van der Waals surface area (Å²) >= 11 is 0. The lowest BCUT2D eigenvalue weighted by molar-refractivity contribution is -0.139. The molecule has 2 N–H and O–H groups in total. The zero-order valence-corrected chi connectivity index (χ0v) is 29.7. The van der Waals surface area contributed by atoms with Gasteiger partial charge in [0.05, 0.1) is 29.7 Å². The molecule has 13 heteroatoms. The van der Waals surface area contributed by atoms with Gasteiger partial charge < -0.3 is 14.5 Å². The highest BCUT2D eigenvalue weighted by Gasteiger charge is 2.53. The number of pyridine rings is 1. The molecule has 3 saturated heterocycles. The lowest BCUT2D eigenvalue weighted by Crippen LogP contribution is -2.47. The van der Waals surface area contributed by atoms with Crippen LogP contribution in [0.25, 0.3) is 17.0 Å². The molecule has 8 rings (SSSR count). The zero-order chi connectivity index (χ0) is 35.3. The highest BCUT2D eigenvalue weighted by molar-refractivity contribution is 5.86. The van der Waals surface area contributed by atoms with Crippen LogP contribution in [0.4, 0.5) is 4.39 Å². The summed E-state index contributed by atoms with van der Waals surface area (Å²) in [5.74, 6) is 1.36. The summed E-state index contributed by atoms with van der Waals surface area (Å²) in [6.45, 7) is 7.57. The van der Waals surface area contributed by atoms with Crippen LogP contribution in [0.1, 0.15) is 69.5 Å². The number of likely N-dealkylation sites (tertiary alicyclic amines) is 2. The minimum atomic E-state index is -0.394. The molecule has 4 unspecified atom stereocenters. The maximum absolute atomic E-state index is 15.0. The first-order chi connectivity index (χ1) is 24.7. The predicted octanol–water partition coefficient (Wildman–Crippen LogP) is 3.73. The number of ether oxygens (including phenoxy) is 1. The average molecular weight is 698 g/mol. The van der Waals surface area contributed by atoms with Gasteiger partial charge in [-0.25, -0.2) is 19.8 Å². The van der Waals surface area contributed by atoms with E-state index in [4.69, 9.17) is 4.74 Å². The number of carbonyl (C=O) groups is 2. The van der Waals surface area contributed by atoms with Crippen LogP contribution in [0.2, 0.25) is 0 Å². The van der Waals surface area contributed by atoms with Gasteiger partial charge in [0.1, 0.15) is 12.1 Å². The van der Waals surface area contributed by atoms with Gasteiger partial charge in [0, 0.05) is 57.6 Å². The molecule has 270 valence electrons. The Bertz CT molecular complexity index is 1810. The number of benzene rings is 1. The van der Waals surface area contributed by atoms with Crippen molar-refractivity contribution in [1.29, 1.82) is 0 Å². The molecule has 3 aromatic rings. The van der Waals surface area contributed by atoms with Crippen molar-refractivity contribution in [3.8, 4) is 17.3 Å². The quantitative estimate of drug-likeness (QED) is 0.363. The molecular formula is C38H48FN9O3. The zero-order valence-electron chi connectivity index (χ0n) is 29.7. The monoisotopic (exact) mass is 697 g/mol. The summed E-state index contributed by atoms with van der Waals surface area (Å²) in [6.07, 6.45) is 10.8. The van der Waals surface area contributed by atoms with Crippen molar-refractivity contribution in [3.63, 3.8) is 0 Å². The van der Waals surface area contributed by atoms with Gasteiger partial charge in [0.25, 0.3) is 0 Å². The molecule has 4 aliphatic heterocycles. The third-order valence-electron chi connectivity index (χ3n) is 11.7. The van der Waals surface area contributed by atoms with Crippen LogP contribution in [-0.4, -0.2) is 104 Å². The Labute approximate surface area is 298 Å². The van der Waals surface area contributed by atoms with Crippen molar-refractivity contribution in [3.05, 3.63) is 65.9 Å². The van der Waals surface area contributed by atoms with E-state index in [1.165, 1.54) is 6.07 Å². The molecule has 1 aliphatic carbocycles. The summed E-state index contributed by atoms with van der Waals surface area (Å²) in [4.78, 5) is 42.5. The highest BCUT2D eigenvalue weighted by atomic mass is 19.1. The van der Waals surface area contributed by atoms with E-state index in [0.29, 0.717) is 61.8 Å².